The second kappa shape index (κ2) is 7.34. The fourth-order valence-corrected chi connectivity index (χ4v) is 3.39. The van der Waals surface area contributed by atoms with Crippen LogP contribution in [-0.4, -0.2) is 61.5 Å². The number of amides is 1. The standard InChI is InChI=1S/C17H24ClN3O/c18-15-3-5-16(6-4-15)20-13-11-19(12-14-20)10-7-17(22)21-8-1-2-9-21/h3-6H,1-2,7-14H2. The lowest BCUT2D eigenvalue weighted by Crippen LogP contribution is -2.47. The quantitative estimate of drug-likeness (QED) is 0.852. The Bertz CT molecular complexity index is 491. The van der Waals surface area contributed by atoms with Gasteiger partial charge in [-0.1, -0.05) is 11.6 Å². The topological polar surface area (TPSA) is 26.8 Å². The van der Waals surface area contributed by atoms with E-state index in [-0.39, 0.29) is 0 Å². The number of halogens is 1. The zero-order valence-electron chi connectivity index (χ0n) is 13.0. The van der Waals surface area contributed by atoms with Gasteiger partial charge in [0.2, 0.25) is 5.91 Å². The van der Waals surface area contributed by atoms with Crippen LogP contribution in [-0.2, 0) is 4.79 Å². The molecule has 1 aromatic carbocycles. The average molecular weight is 322 g/mol. The van der Waals surface area contributed by atoms with Gasteiger partial charge in [-0.15, -0.1) is 0 Å². The van der Waals surface area contributed by atoms with Gasteiger partial charge in [0.1, 0.15) is 0 Å². The van der Waals surface area contributed by atoms with Crippen LogP contribution in [0.4, 0.5) is 5.69 Å². The lowest BCUT2D eigenvalue weighted by Gasteiger charge is -2.36. The van der Waals surface area contributed by atoms with E-state index in [0.29, 0.717) is 12.3 Å². The maximum Gasteiger partial charge on any atom is 0.223 e. The van der Waals surface area contributed by atoms with Crippen LogP contribution in [0.5, 0.6) is 0 Å². The van der Waals surface area contributed by atoms with Crippen LogP contribution in [0.25, 0.3) is 0 Å². The number of hydrogen-bond donors (Lipinski definition) is 0. The van der Waals surface area contributed by atoms with Crippen molar-refractivity contribution in [3.8, 4) is 0 Å². The Morgan fingerprint density at radius 2 is 1.59 bits per heavy atom. The zero-order chi connectivity index (χ0) is 15.4. The summed E-state index contributed by atoms with van der Waals surface area (Å²) in [6.45, 7) is 6.89. The predicted molar refractivity (Wildman–Crippen MR) is 90.5 cm³/mol. The van der Waals surface area contributed by atoms with Crippen molar-refractivity contribution in [1.29, 1.82) is 0 Å². The number of piperazine rings is 1. The number of carbonyl (C=O) groups is 1. The molecule has 2 aliphatic rings. The van der Waals surface area contributed by atoms with Crippen LogP contribution in [0.1, 0.15) is 19.3 Å². The van der Waals surface area contributed by atoms with Gasteiger partial charge < -0.3 is 9.80 Å². The summed E-state index contributed by atoms with van der Waals surface area (Å²) >= 11 is 5.94. The minimum atomic E-state index is 0.331. The Hall–Kier alpha value is -1.26. The molecule has 0 saturated carbocycles. The zero-order valence-corrected chi connectivity index (χ0v) is 13.8. The van der Waals surface area contributed by atoms with Gasteiger partial charge in [0, 0.05) is 62.9 Å². The summed E-state index contributed by atoms with van der Waals surface area (Å²) < 4.78 is 0. The van der Waals surface area contributed by atoms with Crippen LogP contribution in [0, 0.1) is 0 Å². The number of anilines is 1. The van der Waals surface area contributed by atoms with Crippen LogP contribution in [0.15, 0.2) is 24.3 Å². The van der Waals surface area contributed by atoms with E-state index in [1.807, 2.05) is 17.0 Å². The van der Waals surface area contributed by atoms with Crippen LogP contribution < -0.4 is 4.90 Å². The van der Waals surface area contributed by atoms with Crippen molar-refractivity contribution < 1.29 is 4.79 Å². The van der Waals surface area contributed by atoms with E-state index in [0.717, 1.165) is 50.8 Å². The van der Waals surface area contributed by atoms with Crippen molar-refractivity contribution in [2.24, 2.45) is 0 Å². The first-order valence-corrected chi connectivity index (χ1v) is 8.61. The lowest BCUT2D eigenvalue weighted by atomic mass is 10.2. The van der Waals surface area contributed by atoms with Gasteiger partial charge in [-0.2, -0.15) is 0 Å². The van der Waals surface area contributed by atoms with Crippen LogP contribution in [0.2, 0.25) is 5.02 Å². The molecule has 120 valence electrons. The highest BCUT2D eigenvalue weighted by Crippen LogP contribution is 2.19. The van der Waals surface area contributed by atoms with Gasteiger partial charge in [-0.3, -0.25) is 9.69 Å². The van der Waals surface area contributed by atoms with Crippen LogP contribution in [0.3, 0.4) is 0 Å². The number of likely N-dealkylation sites (tertiary alicyclic amines) is 1. The lowest BCUT2D eigenvalue weighted by molar-refractivity contribution is -0.130. The number of carbonyl (C=O) groups excluding carboxylic acids is 1. The molecule has 2 fully saturated rings. The minimum absolute atomic E-state index is 0.331. The summed E-state index contributed by atoms with van der Waals surface area (Å²) in [4.78, 5) is 18.9. The van der Waals surface area contributed by atoms with E-state index in [1.54, 1.807) is 0 Å². The van der Waals surface area contributed by atoms with Crippen molar-refractivity contribution in [3.63, 3.8) is 0 Å². The molecule has 3 rings (SSSR count). The molecule has 2 heterocycles. The van der Waals surface area contributed by atoms with E-state index < -0.39 is 0 Å². The van der Waals surface area contributed by atoms with Gasteiger partial charge in [0.25, 0.3) is 0 Å². The molecule has 0 bridgehead atoms. The Morgan fingerprint density at radius 1 is 0.955 bits per heavy atom. The SMILES string of the molecule is O=C(CCN1CCN(c2ccc(Cl)cc2)CC1)N1CCCC1. The number of hydrogen-bond acceptors (Lipinski definition) is 3. The van der Waals surface area contributed by atoms with Gasteiger partial charge in [0.15, 0.2) is 0 Å². The molecule has 0 aliphatic carbocycles. The Kier molecular flexibility index (Phi) is 5.21. The third-order valence-corrected chi connectivity index (χ3v) is 4.92. The van der Waals surface area contributed by atoms with E-state index in [1.165, 1.54) is 18.5 Å². The molecule has 1 amide bonds. The largest absolute Gasteiger partial charge is 0.369 e. The first-order chi connectivity index (χ1) is 10.7. The monoisotopic (exact) mass is 321 g/mol. The summed E-state index contributed by atoms with van der Waals surface area (Å²) in [5.74, 6) is 0.331. The third kappa shape index (κ3) is 3.93. The molecule has 22 heavy (non-hydrogen) atoms. The molecule has 0 atom stereocenters. The molecular formula is C17H24ClN3O. The second-order valence-corrected chi connectivity index (χ2v) is 6.58. The van der Waals surface area contributed by atoms with Crippen molar-refractivity contribution in [3.05, 3.63) is 29.3 Å². The second-order valence-electron chi connectivity index (χ2n) is 6.14. The van der Waals surface area contributed by atoms with Crippen LogP contribution >= 0.6 is 11.6 Å². The molecule has 0 spiro atoms. The van der Waals surface area contributed by atoms with E-state index in [2.05, 4.69) is 21.9 Å². The molecule has 4 nitrogen and oxygen atoms in total. The Labute approximate surface area is 137 Å². The molecule has 0 aromatic heterocycles. The fraction of sp³-hybridized carbons (Fsp3) is 0.588. The third-order valence-electron chi connectivity index (χ3n) is 4.66. The number of rotatable bonds is 4. The van der Waals surface area contributed by atoms with Crippen molar-refractivity contribution in [2.75, 3.05) is 50.7 Å². The maximum atomic E-state index is 12.1. The predicted octanol–water partition coefficient (Wildman–Crippen LogP) is 2.47. The minimum Gasteiger partial charge on any atom is -0.369 e. The maximum absolute atomic E-state index is 12.1. The first-order valence-electron chi connectivity index (χ1n) is 8.23. The Morgan fingerprint density at radius 3 is 2.23 bits per heavy atom. The van der Waals surface area contributed by atoms with E-state index in [9.17, 15) is 4.79 Å². The normalized spacial score (nSPS) is 19.7. The average Bonchev–Trinajstić information content (AvgIpc) is 3.08. The summed E-state index contributed by atoms with van der Waals surface area (Å²) in [6, 6.07) is 8.04. The molecule has 0 radical (unpaired) electrons. The first kappa shape index (κ1) is 15.6. The molecule has 2 aliphatic heterocycles. The molecular weight excluding hydrogens is 298 g/mol. The molecule has 1 aromatic rings. The molecule has 0 N–H and O–H groups in total. The van der Waals surface area contributed by atoms with Gasteiger partial charge in [-0.05, 0) is 37.1 Å². The Balaban J connectivity index is 1.41. The number of benzene rings is 1. The number of nitrogens with zero attached hydrogens (tertiary/aromatic N) is 3. The highest BCUT2D eigenvalue weighted by atomic mass is 35.5. The van der Waals surface area contributed by atoms with Gasteiger partial charge in [-0.25, -0.2) is 0 Å². The van der Waals surface area contributed by atoms with Crippen molar-refractivity contribution in [1.82, 2.24) is 9.80 Å². The van der Waals surface area contributed by atoms with E-state index in [4.69, 9.17) is 11.6 Å². The fourth-order valence-electron chi connectivity index (χ4n) is 3.26. The molecule has 5 heteroatoms. The highest BCUT2D eigenvalue weighted by molar-refractivity contribution is 6.30. The molecule has 0 unspecified atom stereocenters. The summed E-state index contributed by atoms with van der Waals surface area (Å²) in [5.41, 5.74) is 1.23. The van der Waals surface area contributed by atoms with E-state index >= 15 is 0 Å². The van der Waals surface area contributed by atoms with Crippen molar-refractivity contribution in [2.45, 2.75) is 19.3 Å². The highest BCUT2D eigenvalue weighted by Gasteiger charge is 2.21. The smallest absolute Gasteiger partial charge is 0.223 e. The summed E-state index contributed by atoms with van der Waals surface area (Å²) in [6.07, 6.45) is 3.01. The molecule has 2 saturated heterocycles. The van der Waals surface area contributed by atoms with Gasteiger partial charge in [0.05, 0.1) is 0 Å². The van der Waals surface area contributed by atoms with Crippen molar-refractivity contribution >= 4 is 23.2 Å². The summed E-state index contributed by atoms with van der Waals surface area (Å²) in [5, 5.41) is 0.780. The van der Waals surface area contributed by atoms with Gasteiger partial charge >= 0.3 is 0 Å². The summed E-state index contributed by atoms with van der Waals surface area (Å²) in [7, 11) is 0.